The van der Waals surface area contributed by atoms with E-state index in [-0.39, 0.29) is 0 Å². The number of fused-ring (bicyclic) bond motifs is 9. The van der Waals surface area contributed by atoms with Gasteiger partial charge >= 0.3 is 0 Å². The monoisotopic (exact) mass is 699 g/mol. The highest BCUT2D eigenvalue weighted by molar-refractivity contribution is 6.13. The van der Waals surface area contributed by atoms with Crippen LogP contribution >= 0.6 is 0 Å². The molecular formula is C50H29N5. The Morgan fingerprint density at radius 3 is 1.44 bits per heavy atom. The Hall–Kier alpha value is -7.86. The van der Waals surface area contributed by atoms with Crippen molar-refractivity contribution < 1.29 is 0 Å². The van der Waals surface area contributed by atoms with Crippen molar-refractivity contribution in [2.24, 2.45) is 0 Å². The molecule has 0 spiro atoms. The lowest BCUT2D eigenvalue weighted by molar-refractivity contribution is 1.16. The van der Waals surface area contributed by atoms with Crippen LogP contribution in [-0.2, 0) is 0 Å². The molecule has 0 amide bonds. The zero-order valence-corrected chi connectivity index (χ0v) is 29.5. The van der Waals surface area contributed by atoms with Crippen LogP contribution in [-0.4, -0.2) is 13.7 Å². The lowest BCUT2D eigenvalue weighted by Gasteiger charge is -2.14. The smallest absolute Gasteiger partial charge is 0.101 e. The van der Waals surface area contributed by atoms with Gasteiger partial charge in [-0.15, -0.1) is 0 Å². The van der Waals surface area contributed by atoms with Crippen LogP contribution in [0.3, 0.4) is 0 Å². The van der Waals surface area contributed by atoms with Crippen molar-refractivity contribution >= 4 is 65.4 Å². The molecule has 3 heterocycles. The minimum absolute atomic E-state index is 0.586. The van der Waals surface area contributed by atoms with Gasteiger partial charge in [-0.05, 0) is 83.9 Å². The lowest BCUT2D eigenvalue weighted by Crippen LogP contribution is -1.98. The number of benzene rings is 8. The van der Waals surface area contributed by atoms with E-state index >= 15 is 0 Å². The van der Waals surface area contributed by atoms with Crippen LogP contribution in [0.2, 0.25) is 0 Å². The maximum Gasteiger partial charge on any atom is 0.101 e. The topological polar surface area (TPSA) is 62.4 Å². The average Bonchev–Trinajstić information content (AvgIpc) is 3.89. The minimum atomic E-state index is 0.586. The summed E-state index contributed by atoms with van der Waals surface area (Å²) < 4.78 is 6.79. The first-order valence-corrected chi connectivity index (χ1v) is 18.3. The summed E-state index contributed by atoms with van der Waals surface area (Å²) in [6, 6.07) is 65.9. The molecule has 254 valence electrons. The van der Waals surface area contributed by atoms with E-state index in [9.17, 15) is 10.5 Å². The standard InChI is InChI=1S/C50H29N5/c51-30-33-12-10-18-43-41-16-3-8-22-48(41)55(50(33)43)35-13-9-11-32(27-35)38-25-23-36(28-34(38)31-52)53-47-21-7-4-17-42(47)44-29-37(24-26-49(44)53)54-45-19-5-1-14-39(45)40-15-2-6-20-46(40)54/h1-29H. The SMILES string of the molecule is N#Cc1cc(-n2c3ccccc3c3cc(-n4c5ccccc5c5ccccc54)ccc32)ccc1-c1cccc(-n2c3ccccc3c3cccc(C#N)c32)c1. The van der Waals surface area contributed by atoms with Crippen LogP contribution in [0.15, 0.2) is 176 Å². The minimum Gasteiger partial charge on any atom is -0.309 e. The fraction of sp³-hybridized carbons (Fsp3) is 0. The van der Waals surface area contributed by atoms with Crippen LogP contribution in [0.4, 0.5) is 0 Å². The Kier molecular flexibility index (Phi) is 6.61. The van der Waals surface area contributed by atoms with E-state index in [1.807, 2.05) is 36.4 Å². The largest absolute Gasteiger partial charge is 0.309 e. The number of rotatable bonds is 4. The number of hydrogen-bond donors (Lipinski definition) is 0. The molecule has 8 aromatic carbocycles. The third kappa shape index (κ3) is 4.45. The molecule has 5 nitrogen and oxygen atoms in total. The second kappa shape index (κ2) is 11.8. The molecule has 0 bridgehead atoms. The molecule has 0 N–H and O–H groups in total. The van der Waals surface area contributed by atoms with Crippen molar-refractivity contribution in [3.05, 3.63) is 187 Å². The fourth-order valence-electron chi connectivity index (χ4n) is 8.78. The molecular weight excluding hydrogens is 671 g/mol. The normalized spacial score (nSPS) is 11.6. The maximum absolute atomic E-state index is 10.6. The van der Waals surface area contributed by atoms with Crippen LogP contribution in [0.1, 0.15) is 11.1 Å². The van der Waals surface area contributed by atoms with Gasteiger partial charge in [0.25, 0.3) is 0 Å². The zero-order chi connectivity index (χ0) is 36.6. The Bertz CT molecular complexity index is 3420. The molecule has 11 rings (SSSR count). The van der Waals surface area contributed by atoms with Gasteiger partial charge in [0.2, 0.25) is 0 Å². The van der Waals surface area contributed by atoms with Gasteiger partial charge in [-0.3, -0.25) is 0 Å². The molecule has 0 aliphatic heterocycles. The molecule has 0 saturated heterocycles. The molecule has 0 aliphatic carbocycles. The zero-order valence-electron chi connectivity index (χ0n) is 29.5. The summed E-state index contributed by atoms with van der Waals surface area (Å²) >= 11 is 0. The summed E-state index contributed by atoms with van der Waals surface area (Å²) in [6.45, 7) is 0. The van der Waals surface area contributed by atoms with Crippen molar-refractivity contribution in [1.82, 2.24) is 13.7 Å². The second-order valence-electron chi connectivity index (χ2n) is 14.0. The van der Waals surface area contributed by atoms with Gasteiger partial charge in [-0.25, -0.2) is 0 Å². The summed E-state index contributed by atoms with van der Waals surface area (Å²) in [7, 11) is 0. The lowest BCUT2D eigenvalue weighted by atomic mass is 9.99. The van der Waals surface area contributed by atoms with Gasteiger partial charge in [0.15, 0.2) is 0 Å². The van der Waals surface area contributed by atoms with Gasteiger partial charge in [0.1, 0.15) is 6.07 Å². The summed E-state index contributed by atoms with van der Waals surface area (Å²) in [5.74, 6) is 0. The van der Waals surface area contributed by atoms with Gasteiger partial charge in [0, 0.05) is 49.4 Å². The van der Waals surface area contributed by atoms with E-state index in [4.69, 9.17) is 0 Å². The van der Waals surface area contributed by atoms with Crippen molar-refractivity contribution in [3.63, 3.8) is 0 Å². The first-order chi connectivity index (χ1) is 27.2. The molecule has 0 atom stereocenters. The number of aromatic nitrogens is 3. The van der Waals surface area contributed by atoms with Crippen molar-refractivity contribution in [2.45, 2.75) is 0 Å². The van der Waals surface area contributed by atoms with E-state index in [2.05, 4.69) is 165 Å². The Balaban J connectivity index is 1.07. The van der Waals surface area contributed by atoms with E-state index < -0.39 is 0 Å². The Morgan fingerprint density at radius 2 is 0.800 bits per heavy atom. The highest BCUT2D eigenvalue weighted by atomic mass is 15.0. The molecule has 0 unspecified atom stereocenters. The van der Waals surface area contributed by atoms with Crippen LogP contribution in [0.25, 0.3) is 93.6 Å². The van der Waals surface area contributed by atoms with Crippen LogP contribution < -0.4 is 0 Å². The summed E-state index contributed by atoms with van der Waals surface area (Å²) in [5, 5.41) is 27.6. The first kappa shape index (κ1) is 30.7. The second-order valence-corrected chi connectivity index (χ2v) is 14.0. The molecule has 11 aromatic rings. The van der Waals surface area contributed by atoms with Crippen molar-refractivity contribution in [3.8, 4) is 40.3 Å². The van der Waals surface area contributed by atoms with E-state index in [1.54, 1.807) is 0 Å². The molecule has 0 fully saturated rings. The third-order valence-electron chi connectivity index (χ3n) is 11.1. The Morgan fingerprint density at radius 1 is 0.327 bits per heavy atom. The van der Waals surface area contributed by atoms with Crippen LogP contribution in [0, 0.1) is 22.7 Å². The highest BCUT2D eigenvalue weighted by Crippen LogP contribution is 2.39. The molecule has 3 aromatic heterocycles. The predicted octanol–water partition coefficient (Wildman–Crippen LogP) is 12.4. The van der Waals surface area contributed by atoms with Gasteiger partial charge in [-0.2, -0.15) is 10.5 Å². The fourth-order valence-corrected chi connectivity index (χ4v) is 8.78. The average molecular weight is 700 g/mol. The highest BCUT2D eigenvalue weighted by Gasteiger charge is 2.19. The summed E-state index contributed by atoms with van der Waals surface area (Å²) in [4.78, 5) is 0. The van der Waals surface area contributed by atoms with Crippen molar-refractivity contribution in [1.29, 1.82) is 10.5 Å². The predicted molar refractivity (Wildman–Crippen MR) is 224 cm³/mol. The van der Waals surface area contributed by atoms with E-state index in [0.717, 1.165) is 71.8 Å². The van der Waals surface area contributed by atoms with Gasteiger partial charge in [-0.1, -0.05) is 103 Å². The van der Waals surface area contributed by atoms with E-state index in [1.165, 1.54) is 21.8 Å². The van der Waals surface area contributed by atoms with Gasteiger partial charge < -0.3 is 13.7 Å². The van der Waals surface area contributed by atoms with Crippen molar-refractivity contribution in [2.75, 3.05) is 0 Å². The van der Waals surface area contributed by atoms with E-state index in [0.29, 0.717) is 11.1 Å². The first-order valence-electron chi connectivity index (χ1n) is 18.3. The molecule has 0 radical (unpaired) electrons. The number of hydrogen-bond acceptors (Lipinski definition) is 2. The third-order valence-corrected chi connectivity index (χ3v) is 11.1. The molecule has 55 heavy (non-hydrogen) atoms. The summed E-state index contributed by atoms with van der Waals surface area (Å²) in [5.41, 5.74) is 12.4. The number of nitriles is 2. The van der Waals surface area contributed by atoms with Crippen LogP contribution in [0.5, 0.6) is 0 Å². The Labute approximate surface area is 316 Å². The summed E-state index contributed by atoms with van der Waals surface area (Å²) in [6.07, 6.45) is 0. The maximum atomic E-state index is 10.6. The number of nitrogens with zero attached hydrogens (tertiary/aromatic N) is 5. The van der Waals surface area contributed by atoms with Gasteiger partial charge in [0.05, 0.1) is 50.3 Å². The quantitative estimate of drug-likeness (QED) is 0.184. The molecule has 0 saturated carbocycles. The molecule has 0 aliphatic rings. The number of para-hydroxylation sites is 5. The molecule has 5 heteroatoms.